The summed E-state index contributed by atoms with van der Waals surface area (Å²) in [7, 11) is 0. The first-order valence-electron chi connectivity index (χ1n) is 6.05. The molecule has 0 amide bonds. The lowest BCUT2D eigenvalue weighted by Crippen LogP contribution is -2.10. The predicted molar refractivity (Wildman–Crippen MR) is 70.0 cm³/mol. The molecule has 0 bridgehead atoms. The molecular weight excluding hydrogens is 228 g/mol. The van der Waals surface area contributed by atoms with Crippen LogP contribution in [-0.2, 0) is 0 Å². The Morgan fingerprint density at radius 2 is 2.00 bits per heavy atom. The number of ether oxygens (including phenoxy) is 1. The average molecular weight is 246 g/mol. The van der Waals surface area contributed by atoms with Gasteiger partial charge in [0.2, 0.25) is 0 Å². The Kier molecular flexibility index (Phi) is 3.94. The van der Waals surface area contributed by atoms with E-state index in [4.69, 9.17) is 10.5 Å². The fourth-order valence-corrected chi connectivity index (χ4v) is 1.72. The van der Waals surface area contributed by atoms with Crippen LogP contribution in [0, 0.1) is 0 Å². The van der Waals surface area contributed by atoms with Crippen LogP contribution in [0.4, 0.5) is 0 Å². The van der Waals surface area contributed by atoms with Gasteiger partial charge >= 0.3 is 0 Å². The Labute approximate surface area is 107 Å². The summed E-state index contributed by atoms with van der Waals surface area (Å²) >= 11 is 0. The van der Waals surface area contributed by atoms with Crippen LogP contribution >= 0.6 is 0 Å². The molecule has 5 nitrogen and oxygen atoms in total. The van der Waals surface area contributed by atoms with E-state index in [2.05, 4.69) is 24.0 Å². The van der Waals surface area contributed by atoms with Gasteiger partial charge in [-0.15, -0.1) is 10.2 Å². The van der Waals surface area contributed by atoms with Crippen molar-refractivity contribution in [3.05, 3.63) is 36.4 Å². The van der Waals surface area contributed by atoms with Gasteiger partial charge in [0, 0.05) is 18.2 Å². The second-order valence-electron chi connectivity index (χ2n) is 4.34. The van der Waals surface area contributed by atoms with Gasteiger partial charge < -0.3 is 10.5 Å². The van der Waals surface area contributed by atoms with E-state index < -0.39 is 0 Å². The Hall–Kier alpha value is -1.88. The minimum atomic E-state index is 0.334. The monoisotopic (exact) mass is 246 g/mol. The van der Waals surface area contributed by atoms with Gasteiger partial charge in [0.15, 0.2) is 0 Å². The quantitative estimate of drug-likeness (QED) is 0.872. The van der Waals surface area contributed by atoms with Crippen LogP contribution in [0.5, 0.6) is 5.75 Å². The zero-order chi connectivity index (χ0) is 13.0. The van der Waals surface area contributed by atoms with Crippen LogP contribution in [0.1, 0.15) is 25.6 Å². The van der Waals surface area contributed by atoms with E-state index in [1.54, 1.807) is 6.33 Å². The van der Waals surface area contributed by atoms with Crippen LogP contribution in [0.25, 0.3) is 5.69 Å². The van der Waals surface area contributed by atoms with Crippen molar-refractivity contribution in [2.45, 2.75) is 19.8 Å². The number of rotatable bonds is 5. The van der Waals surface area contributed by atoms with Crippen LogP contribution < -0.4 is 10.5 Å². The number of nitrogens with two attached hydrogens (primary N) is 1. The van der Waals surface area contributed by atoms with Gasteiger partial charge in [-0.1, -0.05) is 13.8 Å². The zero-order valence-corrected chi connectivity index (χ0v) is 10.7. The van der Waals surface area contributed by atoms with E-state index in [-0.39, 0.29) is 0 Å². The maximum absolute atomic E-state index is 5.44. The smallest absolute Gasteiger partial charge is 0.139 e. The molecule has 0 radical (unpaired) electrons. The molecule has 2 aromatic rings. The highest BCUT2D eigenvalue weighted by Gasteiger charge is 2.09. The fourth-order valence-electron chi connectivity index (χ4n) is 1.72. The van der Waals surface area contributed by atoms with Crippen molar-refractivity contribution in [1.29, 1.82) is 0 Å². The predicted octanol–water partition coefficient (Wildman–Crippen LogP) is 1.73. The summed E-state index contributed by atoms with van der Waals surface area (Å²) in [6.07, 6.45) is 1.73. The minimum absolute atomic E-state index is 0.334. The molecule has 0 unspecified atom stereocenters. The molecule has 0 spiro atoms. The van der Waals surface area contributed by atoms with E-state index in [9.17, 15) is 0 Å². The standard InChI is InChI=1S/C13H18N4O/c1-10(2)13-16-15-9-17(13)11-3-5-12(6-4-11)18-8-7-14/h3-6,9-10H,7-8,14H2,1-2H3. The van der Waals surface area contributed by atoms with Gasteiger partial charge in [-0.3, -0.25) is 4.57 Å². The first-order valence-corrected chi connectivity index (χ1v) is 6.05. The molecule has 1 aromatic carbocycles. The number of hydrogen-bond acceptors (Lipinski definition) is 4. The Morgan fingerprint density at radius 3 is 2.61 bits per heavy atom. The summed E-state index contributed by atoms with van der Waals surface area (Å²) in [6, 6.07) is 7.83. The molecule has 2 N–H and O–H groups in total. The molecule has 18 heavy (non-hydrogen) atoms. The third-order valence-corrected chi connectivity index (χ3v) is 2.59. The van der Waals surface area contributed by atoms with Gasteiger partial charge in [-0.05, 0) is 24.3 Å². The first kappa shape index (κ1) is 12.6. The van der Waals surface area contributed by atoms with E-state index in [0.717, 1.165) is 17.3 Å². The van der Waals surface area contributed by atoms with Crippen LogP contribution in [0.15, 0.2) is 30.6 Å². The summed E-state index contributed by atoms with van der Waals surface area (Å²) in [5.41, 5.74) is 6.42. The van der Waals surface area contributed by atoms with Gasteiger partial charge in [0.05, 0.1) is 0 Å². The molecule has 0 fully saturated rings. The lowest BCUT2D eigenvalue weighted by atomic mass is 10.2. The van der Waals surface area contributed by atoms with Crippen molar-refractivity contribution in [2.75, 3.05) is 13.2 Å². The molecular formula is C13H18N4O. The third kappa shape index (κ3) is 2.68. The molecule has 0 saturated carbocycles. The number of aromatic nitrogens is 3. The lowest BCUT2D eigenvalue weighted by Gasteiger charge is -2.10. The largest absolute Gasteiger partial charge is 0.492 e. The molecule has 0 atom stereocenters. The summed E-state index contributed by atoms with van der Waals surface area (Å²) in [4.78, 5) is 0. The molecule has 2 rings (SSSR count). The molecule has 0 aliphatic carbocycles. The van der Waals surface area contributed by atoms with Crippen LogP contribution in [-0.4, -0.2) is 27.9 Å². The SMILES string of the molecule is CC(C)c1nncn1-c1ccc(OCCN)cc1. The Morgan fingerprint density at radius 1 is 1.28 bits per heavy atom. The topological polar surface area (TPSA) is 66.0 Å². The number of benzene rings is 1. The Bertz CT molecular complexity index is 490. The lowest BCUT2D eigenvalue weighted by molar-refractivity contribution is 0.328. The highest BCUT2D eigenvalue weighted by Crippen LogP contribution is 2.19. The van der Waals surface area contributed by atoms with Crippen molar-refractivity contribution in [3.63, 3.8) is 0 Å². The van der Waals surface area contributed by atoms with Gasteiger partial charge in [-0.25, -0.2) is 0 Å². The maximum Gasteiger partial charge on any atom is 0.139 e. The van der Waals surface area contributed by atoms with E-state index in [1.807, 2.05) is 28.8 Å². The van der Waals surface area contributed by atoms with E-state index in [0.29, 0.717) is 19.1 Å². The second kappa shape index (κ2) is 5.64. The van der Waals surface area contributed by atoms with Crippen molar-refractivity contribution < 1.29 is 4.74 Å². The van der Waals surface area contributed by atoms with Gasteiger partial charge in [-0.2, -0.15) is 0 Å². The zero-order valence-electron chi connectivity index (χ0n) is 10.7. The fraction of sp³-hybridized carbons (Fsp3) is 0.385. The molecule has 96 valence electrons. The van der Waals surface area contributed by atoms with Crippen LogP contribution in [0.3, 0.4) is 0 Å². The molecule has 0 aliphatic heterocycles. The number of nitrogens with zero attached hydrogens (tertiary/aromatic N) is 3. The Balaban J connectivity index is 2.21. The average Bonchev–Trinajstić information content (AvgIpc) is 2.86. The summed E-state index contributed by atoms with van der Waals surface area (Å²) in [6.45, 7) is 5.24. The molecule has 1 aromatic heterocycles. The summed E-state index contributed by atoms with van der Waals surface area (Å²) < 4.78 is 7.42. The second-order valence-corrected chi connectivity index (χ2v) is 4.34. The van der Waals surface area contributed by atoms with Gasteiger partial charge in [0.1, 0.15) is 24.5 Å². The molecule has 5 heteroatoms. The molecule has 0 aliphatic rings. The highest BCUT2D eigenvalue weighted by molar-refractivity contribution is 5.38. The summed E-state index contributed by atoms with van der Waals surface area (Å²) in [5, 5.41) is 8.09. The van der Waals surface area contributed by atoms with Crippen molar-refractivity contribution in [2.24, 2.45) is 5.73 Å². The highest BCUT2D eigenvalue weighted by atomic mass is 16.5. The van der Waals surface area contributed by atoms with Crippen molar-refractivity contribution in [3.8, 4) is 11.4 Å². The van der Waals surface area contributed by atoms with E-state index in [1.165, 1.54) is 0 Å². The van der Waals surface area contributed by atoms with E-state index >= 15 is 0 Å². The minimum Gasteiger partial charge on any atom is -0.492 e. The third-order valence-electron chi connectivity index (χ3n) is 2.59. The molecule has 1 heterocycles. The van der Waals surface area contributed by atoms with Crippen molar-refractivity contribution in [1.82, 2.24) is 14.8 Å². The first-order chi connectivity index (χ1) is 8.72. The van der Waals surface area contributed by atoms with Crippen molar-refractivity contribution >= 4 is 0 Å². The maximum atomic E-state index is 5.44. The normalized spacial score (nSPS) is 10.9. The van der Waals surface area contributed by atoms with Crippen LogP contribution in [0.2, 0.25) is 0 Å². The molecule has 0 saturated heterocycles. The summed E-state index contributed by atoms with van der Waals surface area (Å²) in [5.74, 6) is 2.11. The number of hydrogen-bond donors (Lipinski definition) is 1. The van der Waals surface area contributed by atoms with Gasteiger partial charge in [0.25, 0.3) is 0 Å².